The first-order valence-electron chi connectivity index (χ1n) is 12.7. The standard InChI is InChI=1S/C27H29N3O7/c1-15(31)36-20-5-3-17-18-14-16-2-4-19(32)25-24(16)27(17,26(20)37-25)9-12-29(18)13-10-28-21(33)8-11-30-22(34)6-7-23(30)35/h2-7,17-18,20,26,32H,8-14H2,1H3,(H,28,33)/t17-,18+,20-,26-,27-/m0/s1. The van der Waals surface area contributed by atoms with Gasteiger partial charge in [-0.05, 0) is 37.1 Å². The Balaban J connectivity index is 1.16. The number of aromatic hydroxyl groups is 1. The lowest BCUT2D eigenvalue weighted by molar-refractivity contribution is -0.152. The Morgan fingerprint density at radius 1 is 1.19 bits per heavy atom. The van der Waals surface area contributed by atoms with Gasteiger partial charge in [0.2, 0.25) is 5.91 Å². The maximum absolute atomic E-state index is 12.4. The number of benzene rings is 1. The number of nitrogens with zero attached hydrogens (tertiary/aromatic N) is 2. The molecular formula is C27H29N3O7. The van der Waals surface area contributed by atoms with Crippen LogP contribution in [0.25, 0.3) is 0 Å². The van der Waals surface area contributed by atoms with E-state index in [1.54, 1.807) is 6.07 Å². The Labute approximate surface area is 213 Å². The fraction of sp³-hybridized carbons (Fsp3) is 0.481. The van der Waals surface area contributed by atoms with Crippen LogP contribution in [0.5, 0.6) is 11.5 Å². The van der Waals surface area contributed by atoms with Crippen LogP contribution in [0.1, 0.15) is 30.9 Å². The fourth-order valence-corrected chi connectivity index (χ4v) is 6.98. The van der Waals surface area contributed by atoms with Crippen molar-refractivity contribution in [3.63, 3.8) is 0 Å². The third kappa shape index (κ3) is 3.65. The topological polar surface area (TPSA) is 125 Å². The second-order valence-corrected chi connectivity index (χ2v) is 10.3. The molecule has 1 spiro atoms. The number of likely N-dealkylation sites (tertiary alicyclic amines) is 1. The monoisotopic (exact) mass is 507 g/mol. The molecule has 194 valence electrons. The second-order valence-electron chi connectivity index (χ2n) is 10.3. The highest BCUT2D eigenvalue weighted by Crippen LogP contribution is 2.62. The van der Waals surface area contributed by atoms with Gasteiger partial charge in [0.1, 0.15) is 6.10 Å². The number of rotatable bonds is 7. The van der Waals surface area contributed by atoms with E-state index in [4.69, 9.17) is 9.47 Å². The number of nitrogens with one attached hydrogen (secondary N) is 1. The largest absolute Gasteiger partial charge is 0.504 e. The molecule has 1 aromatic carbocycles. The number of carbonyl (C=O) groups is 4. The molecule has 0 unspecified atom stereocenters. The summed E-state index contributed by atoms with van der Waals surface area (Å²) in [5.74, 6) is -0.620. The summed E-state index contributed by atoms with van der Waals surface area (Å²) in [6, 6.07) is 3.80. The molecule has 5 atom stereocenters. The van der Waals surface area contributed by atoms with E-state index >= 15 is 0 Å². The van der Waals surface area contributed by atoms with Crippen LogP contribution in [0.2, 0.25) is 0 Å². The Kier molecular flexibility index (Phi) is 5.59. The van der Waals surface area contributed by atoms with Crippen molar-refractivity contribution in [3.05, 3.63) is 47.6 Å². The SMILES string of the molecule is CC(=O)O[C@H]1C=C[C@H]2[C@H]3Cc4ccc(O)c5c4[C@@]2(CCN3CCNC(=O)CCN2C(=O)C=CC2=O)[C@H]1O5. The molecule has 10 heteroatoms. The number of hydrogen-bond acceptors (Lipinski definition) is 8. The number of amides is 3. The quantitative estimate of drug-likeness (QED) is 0.312. The van der Waals surface area contributed by atoms with Crippen molar-refractivity contribution in [3.8, 4) is 11.5 Å². The molecule has 0 saturated carbocycles. The summed E-state index contributed by atoms with van der Waals surface area (Å²) in [5, 5.41) is 13.5. The van der Waals surface area contributed by atoms with Gasteiger partial charge in [-0.1, -0.05) is 12.1 Å². The van der Waals surface area contributed by atoms with Gasteiger partial charge < -0.3 is 19.9 Å². The Morgan fingerprint density at radius 3 is 2.73 bits per heavy atom. The maximum atomic E-state index is 12.4. The number of ether oxygens (including phenoxy) is 2. The zero-order valence-corrected chi connectivity index (χ0v) is 20.5. The highest BCUT2D eigenvalue weighted by atomic mass is 16.6. The average Bonchev–Trinajstić information content (AvgIpc) is 3.38. The average molecular weight is 508 g/mol. The number of phenolic OH excluding ortho intramolecular Hbond substituents is 1. The highest BCUT2D eigenvalue weighted by molar-refractivity contribution is 6.13. The van der Waals surface area contributed by atoms with Crippen molar-refractivity contribution in [1.29, 1.82) is 0 Å². The highest BCUT2D eigenvalue weighted by Gasteiger charge is 2.65. The van der Waals surface area contributed by atoms with Gasteiger partial charge in [-0.3, -0.25) is 29.0 Å². The summed E-state index contributed by atoms with van der Waals surface area (Å²) in [6.07, 6.45) is 7.17. The molecule has 3 amide bonds. The van der Waals surface area contributed by atoms with E-state index in [0.717, 1.165) is 35.4 Å². The number of phenols is 1. The van der Waals surface area contributed by atoms with Gasteiger partial charge in [0.25, 0.3) is 11.8 Å². The lowest BCUT2D eigenvalue weighted by atomic mass is 9.53. The van der Waals surface area contributed by atoms with Crippen molar-refractivity contribution in [2.45, 2.75) is 49.9 Å². The van der Waals surface area contributed by atoms with E-state index in [9.17, 15) is 24.3 Å². The van der Waals surface area contributed by atoms with Crippen LogP contribution in [-0.4, -0.2) is 83.0 Å². The van der Waals surface area contributed by atoms with Crippen LogP contribution in [0.15, 0.2) is 36.4 Å². The first kappa shape index (κ1) is 23.7. The molecule has 10 nitrogen and oxygen atoms in total. The van der Waals surface area contributed by atoms with Crippen LogP contribution < -0.4 is 10.1 Å². The van der Waals surface area contributed by atoms with Gasteiger partial charge in [0, 0.05) is 68.1 Å². The summed E-state index contributed by atoms with van der Waals surface area (Å²) >= 11 is 0. The van der Waals surface area contributed by atoms with Crippen molar-refractivity contribution in [2.75, 3.05) is 26.2 Å². The number of carbonyl (C=O) groups excluding carboxylic acids is 4. The van der Waals surface area contributed by atoms with Crippen LogP contribution in [0, 0.1) is 5.92 Å². The van der Waals surface area contributed by atoms with Crippen molar-refractivity contribution in [2.24, 2.45) is 5.92 Å². The molecule has 3 heterocycles. The Bertz CT molecular complexity index is 1240. The van der Waals surface area contributed by atoms with Crippen LogP contribution in [0.4, 0.5) is 0 Å². The van der Waals surface area contributed by atoms with Gasteiger partial charge in [-0.15, -0.1) is 0 Å². The smallest absolute Gasteiger partial charge is 0.303 e. The molecule has 1 saturated heterocycles. The van der Waals surface area contributed by atoms with Gasteiger partial charge in [-0.2, -0.15) is 0 Å². The molecule has 2 N–H and O–H groups in total. The lowest BCUT2D eigenvalue weighted by Crippen LogP contribution is -2.66. The van der Waals surface area contributed by atoms with Crippen molar-refractivity contribution in [1.82, 2.24) is 15.1 Å². The molecule has 1 aromatic rings. The van der Waals surface area contributed by atoms with Gasteiger partial charge >= 0.3 is 5.97 Å². The summed E-state index contributed by atoms with van der Waals surface area (Å²) in [5.41, 5.74) is 1.80. The zero-order chi connectivity index (χ0) is 25.9. The van der Waals surface area contributed by atoms with E-state index in [-0.39, 0.29) is 59.8 Å². The number of imide groups is 1. The van der Waals surface area contributed by atoms with Crippen molar-refractivity contribution >= 4 is 23.7 Å². The molecule has 6 rings (SSSR count). The maximum Gasteiger partial charge on any atom is 0.303 e. The number of hydrogen-bond donors (Lipinski definition) is 2. The first-order chi connectivity index (χ1) is 17.8. The van der Waals surface area contributed by atoms with Gasteiger partial charge in [0.15, 0.2) is 17.6 Å². The van der Waals surface area contributed by atoms with Crippen LogP contribution in [-0.2, 0) is 35.8 Å². The predicted octanol–water partition coefficient (Wildman–Crippen LogP) is 0.570. The van der Waals surface area contributed by atoms with Crippen LogP contribution in [0.3, 0.4) is 0 Å². The minimum Gasteiger partial charge on any atom is -0.504 e. The Hall–Kier alpha value is -3.66. The number of piperidine rings is 1. The summed E-state index contributed by atoms with van der Waals surface area (Å²) < 4.78 is 12.0. The fourth-order valence-electron chi connectivity index (χ4n) is 6.98. The second kappa shape index (κ2) is 8.72. The van der Waals surface area contributed by atoms with Crippen molar-refractivity contribution < 1.29 is 33.8 Å². The van der Waals surface area contributed by atoms with Gasteiger partial charge in [0.05, 0.1) is 0 Å². The third-order valence-corrected chi connectivity index (χ3v) is 8.45. The minimum atomic E-state index is -0.525. The Morgan fingerprint density at radius 2 is 1.97 bits per heavy atom. The molecule has 2 bridgehead atoms. The number of esters is 1. The molecule has 1 fully saturated rings. The van der Waals surface area contributed by atoms with Gasteiger partial charge in [-0.25, -0.2) is 0 Å². The molecule has 0 radical (unpaired) electrons. The molecule has 0 aromatic heterocycles. The minimum absolute atomic E-state index is 0.0628. The van der Waals surface area contributed by atoms with E-state index in [1.807, 2.05) is 12.1 Å². The molecule has 5 aliphatic rings. The summed E-state index contributed by atoms with van der Waals surface area (Å²) in [4.78, 5) is 51.0. The zero-order valence-electron chi connectivity index (χ0n) is 20.5. The first-order valence-corrected chi connectivity index (χ1v) is 12.7. The molecule has 2 aliphatic carbocycles. The summed E-state index contributed by atoms with van der Waals surface area (Å²) in [7, 11) is 0. The third-order valence-electron chi connectivity index (χ3n) is 8.45. The van der Waals surface area contributed by atoms with E-state index in [1.165, 1.54) is 19.1 Å². The molecular weight excluding hydrogens is 478 g/mol. The van der Waals surface area contributed by atoms with E-state index in [2.05, 4.69) is 16.3 Å². The van der Waals surface area contributed by atoms with E-state index < -0.39 is 12.2 Å². The van der Waals surface area contributed by atoms with Crippen LogP contribution >= 0.6 is 0 Å². The lowest BCUT2D eigenvalue weighted by Gasteiger charge is -2.57. The normalized spacial score (nSPS) is 30.8. The molecule has 3 aliphatic heterocycles. The predicted molar refractivity (Wildman–Crippen MR) is 130 cm³/mol. The molecule has 37 heavy (non-hydrogen) atoms. The summed E-state index contributed by atoms with van der Waals surface area (Å²) in [6.45, 7) is 3.33. The van der Waals surface area contributed by atoms with E-state index in [0.29, 0.717) is 18.8 Å².